The molecule has 2 amide bonds. The molecule has 0 radical (unpaired) electrons. The van der Waals surface area contributed by atoms with Gasteiger partial charge in [0.15, 0.2) is 5.69 Å². The summed E-state index contributed by atoms with van der Waals surface area (Å²) in [7, 11) is 0. The lowest BCUT2D eigenvalue weighted by molar-refractivity contribution is -0.127. The molecule has 1 atom stereocenters. The number of aryl methyl sites for hydroxylation is 1. The summed E-state index contributed by atoms with van der Waals surface area (Å²) >= 11 is 2.29. The molecule has 1 aromatic heterocycles. The number of carbonyl (C=O) groups is 3. The van der Waals surface area contributed by atoms with Gasteiger partial charge in [-0.15, -0.1) is 0 Å². The van der Waals surface area contributed by atoms with Crippen LogP contribution in [0.4, 0.5) is 5.69 Å². The molecule has 9 heteroatoms. The van der Waals surface area contributed by atoms with E-state index in [4.69, 9.17) is 4.74 Å². The number of carbonyl (C=O) groups excluding carboxylic acids is 3. The van der Waals surface area contributed by atoms with Crippen molar-refractivity contribution in [2.24, 2.45) is 0 Å². The van der Waals surface area contributed by atoms with Crippen molar-refractivity contribution in [1.29, 1.82) is 0 Å². The van der Waals surface area contributed by atoms with E-state index in [2.05, 4.69) is 33.0 Å². The number of esters is 1. The van der Waals surface area contributed by atoms with Crippen LogP contribution < -0.4 is 10.2 Å². The number of aromatic nitrogens is 2. The molecule has 188 valence electrons. The van der Waals surface area contributed by atoms with Gasteiger partial charge in [0.2, 0.25) is 5.91 Å². The minimum Gasteiger partial charge on any atom is -0.461 e. The number of amides is 2. The third-order valence-electron chi connectivity index (χ3n) is 6.99. The molecule has 4 rings (SSSR count). The first kappa shape index (κ1) is 25.7. The normalized spacial score (nSPS) is 20.8. The summed E-state index contributed by atoms with van der Waals surface area (Å²) in [6.07, 6.45) is 6.44. The van der Waals surface area contributed by atoms with Gasteiger partial charge in [-0.25, -0.2) is 4.79 Å². The first-order valence-corrected chi connectivity index (χ1v) is 13.9. The van der Waals surface area contributed by atoms with Gasteiger partial charge in [-0.1, -0.05) is 60.4 Å². The topological polar surface area (TPSA) is 93.5 Å². The van der Waals surface area contributed by atoms with Crippen molar-refractivity contribution in [1.82, 2.24) is 15.1 Å². The third kappa shape index (κ3) is 5.10. The number of hydrogen-bond acceptors (Lipinski definition) is 5. The van der Waals surface area contributed by atoms with Gasteiger partial charge in [0.25, 0.3) is 5.91 Å². The smallest absolute Gasteiger partial charge is 0.358 e. The van der Waals surface area contributed by atoms with Crippen molar-refractivity contribution < 1.29 is 19.1 Å². The quantitative estimate of drug-likeness (QED) is 0.230. The van der Waals surface area contributed by atoms with Crippen LogP contribution in [-0.2, 0) is 20.5 Å². The van der Waals surface area contributed by atoms with Crippen LogP contribution in [0.25, 0.3) is 0 Å². The Morgan fingerprint density at radius 3 is 2.57 bits per heavy atom. The Bertz CT molecular complexity index is 1120. The predicted octanol–water partition coefficient (Wildman–Crippen LogP) is 4.56. The Labute approximate surface area is 219 Å². The SMILES string of the molecule is CCOC(=O)c1cc2n(n1)CC(C)(C(=O)NC1CCCCCC1)N(c1cc(CI)ccc1C)C2=O. The number of halogens is 1. The zero-order valence-corrected chi connectivity index (χ0v) is 22.8. The Morgan fingerprint density at radius 1 is 1.20 bits per heavy atom. The number of nitrogens with zero attached hydrogens (tertiary/aromatic N) is 3. The standard InChI is InChI=1S/C26H33IN4O4/c1-4-35-24(33)20-14-22-23(32)31(21-13-18(15-27)12-11-17(21)2)26(3,16-30(22)29-20)25(34)28-19-9-7-5-6-8-10-19/h11-14,19H,4-10,15-16H2,1-3H3,(H,28,34). The highest BCUT2D eigenvalue weighted by atomic mass is 127. The summed E-state index contributed by atoms with van der Waals surface area (Å²) in [5, 5.41) is 7.61. The second-order valence-corrected chi connectivity index (χ2v) is 10.4. The summed E-state index contributed by atoms with van der Waals surface area (Å²) in [6, 6.07) is 7.56. The van der Waals surface area contributed by atoms with E-state index in [9.17, 15) is 14.4 Å². The first-order valence-electron chi connectivity index (χ1n) is 12.3. The molecule has 35 heavy (non-hydrogen) atoms. The van der Waals surface area contributed by atoms with Crippen molar-refractivity contribution in [3.8, 4) is 0 Å². The van der Waals surface area contributed by atoms with Gasteiger partial charge in [-0.3, -0.25) is 19.2 Å². The molecule has 1 N–H and O–H groups in total. The van der Waals surface area contributed by atoms with Gasteiger partial charge in [0.05, 0.1) is 13.2 Å². The fraction of sp³-hybridized carbons (Fsp3) is 0.538. The molecule has 1 fully saturated rings. The highest BCUT2D eigenvalue weighted by Gasteiger charge is 2.50. The van der Waals surface area contributed by atoms with Crippen molar-refractivity contribution in [2.45, 2.75) is 81.8 Å². The summed E-state index contributed by atoms with van der Waals surface area (Å²) < 4.78 is 7.36. The van der Waals surface area contributed by atoms with Crippen molar-refractivity contribution >= 4 is 46.1 Å². The minimum absolute atomic E-state index is 0.0707. The zero-order valence-electron chi connectivity index (χ0n) is 20.6. The molecular formula is C26H33IN4O4. The Morgan fingerprint density at radius 2 is 1.91 bits per heavy atom. The summed E-state index contributed by atoms with van der Waals surface area (Å²) in [5.74, 6) is -1.14. The Balaban J connectivity index is 1.78. The monoisotopic (exact) mass is 592 g/mol. The van der Waals surface area contributed by atoms with Crippen LogP contribution in [0.1, 0.15) is 84.5 Å². The molecular weight excluding hydrogens is 559 g/mol. The lowest BCUT2D eigenvalue weighted by Gasteiger charge is -2.44. The van der Waals surface area contributed by atoms with E-state index in [1.54, 1.807) is 18.7 Å². The maximum absolute atomic E-state index is 14.0. The van der Waals surface area contributed by atoms with E-state index in [1.165, 1.54) is 23.6 Å². The van der Waals surface area contributed by atoms with Gasteiger partial charge in [-0.2, -0.15) is 5.10 Å². The van der Waals surface area contributed by atoms with E-state index < -0.39 is 11.5 Å². The molecule has 1 aliphatic heterocycles. The zero-order chi connectivity index (χ0) is 25.2. The van der Waals surface area contributed by atoms with Crippen LogP contribution in [-0.4, -0.2) is 45.8 Å². The van der Waals surface area contributed by atoms with E-state index in [1.807, 2.05) is 25.1 Å². The molecule has 1 unspecified atom stereocenters. The van der Waals surface area contributed by atoms with Crippen LogP contribution in [0.15, 0.2) is 24.3 Å². The maximum Gasteiger partial charge on any atom is 0.358 e. The van der Waals surface area contributed by atoms with Gasteiger partial charge in [0, 0.05) is 22.2 Å². The predicted molar refractivity (Wildman–Crippen MR) is 142 cm³/mol. The van der Waals surface area contributed by atoms with Gasteiger partial charge < -0.3 is 10.1 Å². The average molecular weight is 592 g/mol. The summed E-state index contributed by atoms with van der Waals surface area (Å²) in [4.78, 5) is 41.8. The average Bonchev–Trinajstić information content (AvgIpc) is 3.09. The highest BCUT2D eigenvalue weighted by Crippen LogP contribution is 2.36. The van der Waals surface area contributed by atoms with E-state index in [0.717, 1.165) is 41.2 Å². The van der Waals surface area contributed by atoms with E-state index in [0.29, 0.717) is 5.69 Å². The van der Waals surface area contributed by atoms with Gasteiger partial charge >= 0.3 is 5.97 Å². The van der Waals surface area contributed by atoms with Crippen LogP contribution in [0.2, 0.25) is 0 Å². The number of nitrogens with one attached hydrogen (secondary N) is 1. The largest absolute Gasteiger partial charge is 0.461 e. The van der Waals surface area contributed by atoms with E-state index >= 15 is 0 Å². The van der Waals surface area contributed by atoms with Gasteiger partial charge in [-0.05, 0) is 50.8 Å². The van der Waals surface area contributed by atoms with Crippen molar-refractivity contribution in [2.75, 3.05) is 11.5 Å². The summed E-state index contributed by atoms with van der Waals surface area (Å²) in [5.41, 5.74) is 1.79. The van der Waals surface area contributed by atoms with Crippen molar-refractivity contribution in [3.63, 3.8) is 0 Å². The number of rotatable bonds is 6. The van der Waals surface area contributed by atoms with Crippen molar-refractivity contribution in [3.05, 3.63) is 46.8 Å². The molecule has 1 aliphatic carbocycles. The number of fused-ring (bicyclic) bond motifs is 1. The molecule has 1 saturated carbocycles. The molecule has 1 aromatic carbocycles. The number of alkyl halides is 1. The second-order valence-electron chi connectivity index (χ2n) is 9.62. The molecule has 2 heterocycles. The van der Waals surface area contributed by atoms with Crippen LogP contribution in [0.5, 0.6) is 0 Å². The number of ether oxygens (including phenoxy) is 1. The fourth-order valence-electron chi connectivity index (χ4n) is 5.01. The number of anilines is 1. The van der Waals surface area contributed by atoms with Crippen LogP contribution >= 0.6 is 22.6 Å². The fourth-order valence-corrected chi connectivity index (χ4v) is 5.48. The Hall–Kier alpha value is -2.43. The highest BCUT2D eigenvalue weighted by molar-refractivity contribution is 14.1. The number of hydrogen-bond donors (Lipinski definition) is 1. The maximum atomic E-state index is 14.0. The van der Waals surface area contributed by atoms with Gasteiger partial charge in [0.1, 0.15) is 11.2 Å². The minimum atomic E-state index is -1.22. The summed E-state index contributed by atoms with van der Waals surface area (Å²) in [6.45, 7) is 5.81. The molecule has 2 aliphatic rings. The molecule has 0 bridgehead atoms. The molecule has 0 spiro atoms. The molecule has 0 saturated heterocycles. The lowest BCUT2D eigenvalue weighted by atomic mass is 9.92. The molecule has 8 nitrogen and oxygen atoms in total. The third-order valence-corrected chi connectivity index (χ3v) is 7.87. The van der Waals surface area contributed by atoms with Crippen LogP contribution in [0, 0.1) is 6.92 Å². The molecule has 2 aromatic rings. The first-order chi connectivity index (χ1) is 16.8. The second kappa shape index (κ2) is 10.7. The van der Waals surface area contributed by atoms with E-state index in [-0.39, 0.29) is 42.4 Å². The number of benzene rings is 1. The lowest BCUT2D eigenvalue weighted by Crippen LogP contribution is -2.65. The Kier molecular flexibility index (Phi) is 7.83. The van der Waals surface area contributed by atoms with Crippen LogP contribution in [0.3, 0.4) is 0 Å².